The maximum absolute atomic E-state index is 11.9. The number of carbonyl (C=O) groups excluding carboxylic acids is 3. The van der Waals surface area contributed by atoms with Crippen molar-refractivity contribution in [3.8, 4) is 0 Å². The van der Waals surface area contributed by atoms with E-state index in [2.05, 4.69) is 0 Å². The zero-order valence-electron chi connectivity index (χ0n) is 11.2. The van der Waals surface area contributed by atoms with Gasteiger partial charge in [-0.05, 0) is 5.56 Å². The highest BCUT2D eigenvalue weighted by Gasteiger charge is 2.32. The van der Waals surface area contributed by atoms with E-state index in [0.717, 1.165) is 5.56 Å². The van der Waals surface area contributed by atoms with Crippen LogP contribution in [0.5, 0.6) is 0 Å². The second kappa shape index (κ2) is 6.18. The van der Waals surface area contributed by atoms with E-state index >= 15 is 0 Å². The molecule has 1 aromatic carbocycles. The van der Waals surface area contributed by atoms with Gasteiger partial charge in [0.05, 0.1) is 6.54 Å². The summed E-state index contributed by atoms with van der Waals surface area (Å²) in [5, 5.41) is 0. The average molecular weight is 276 g/mol. The molecule has 1 aromatic rings. The summed E-state index contributed by atoms with van der Waals surface area (Å²) in [7, 11) is 1.55. The number of carbonyl (C=O) groups is 3. The first-order valence-electron chi connectivity index (χ1n) is 6.28. The van der Waals surface area contributed by atoms with Crippen molar-refractivity contribution >= 4 is 18.3 Å². The van der Waals surface area contributed by atoms with Crippen LogP contribution in [0.4, 0.5) is 4.79 Å². The second-order valence-corrected chi connectivity index (χ2v) is 4.63. The maximum Gasteiger partial charge on any atom is 0.410 e. The van der Waals surface area contributed by atoms with Crippen LogP contribution in [0.15, 0.2) is 30.3 Å². The van der Waals surface area contributed by atoms with E-state index in [-0.39, 0.29) is 25.6 Å². The van der Waals surface area contributed by atoms with Gasteiger partial charge in [0.25, 0.3) is 0 Å². The predicted molar refractivity (Wildman–Crippen MR) is 70.8 cm³/mol. The summed E-state index contributed by atoms with van der Waals surface area (Å²) in [5.74, 6) is -0.273. The van der Waals surface area contributed by atoms with Crippen molar-refractivity contribution in [3.05, 3.63) is 35.9 Å². The van der Waals surface area contributed by atoms with E-state index in [9.17, 15) is 14.4 Å². The number of hydrogen-bond acceptors (Lipinski definition) is 4. The van der Waals surface area contributed by atoms with Gasteiger partial charge in [-0.3, -0.25) is 9.69 Å². The number of nitrogens with zero attached hydrogens (tertiary/aromatic N) is 2. The molecule has 0 radical (unpaired) electrons. The fourth-order valence-corrected chi connectivity index (χ4v) is 1.96. The quantitative estimate of drug-likeness (QED) is 0.761. The van der Waals surface area contributed by atoms with E-state index in [1.807, 2.05) is 30.3 Å². The van der Waals surface area contributed by atoms with Gasteiger partial charge in [0, 0.05) is 7.05 Å². The fraction of sp³-hybridized carbons (Fsp3) is 0.357. The van der Waals surface area contributed by atoms with Crippen LogP contribution in [0.25, 0.3) is 0 Å². The Bertz CT molecular complexity index is 503. The smallest absolute Gasteiger partial charge is 0.410 e. The summed E-state index contributed by atoms with van der Waals surface area (Å²) >= 11 is 0. The van der Waals surface area contributed by atoms with Crippen molar-refractivity contribution in [1.82, 2.24) is 9.80 Å². The highest BCUT2D eigenvalue weighted by Crippen LogP contribution is 2.10. The Kier molecular flexibility index (Phi) is 4.34. The van der Waals surface area contributed by atoms with Gasteiger partial charge in [-0.1, -0.05) is 30.3 Å². The highest BCUT2D eigenvalue weighted by atomic mass is 16.6. The summed E-state index contributed by atoms with van der Waals surface area (Å²) in [6, 6.07) is 8.66. The Morgan fingerprint density at radius 3 is 2.75 bits per heavy atom. The lowest BCUT2D eigenvalue weighted by Gasteiger charge is -2.35. The molecule has 2 amide bonds. The minimum atomic E-state index is -0.611. The zero-order chi connectivity index (χ0) is 14.5. The van der Waals surface area contributed by atoms with Crippen molar-refractivity contribution in [2.45, 2.75) is 12.6 Å². The molecule has 20 heavy (non-hydrogen) atoms. The summed E-state index contributed by atoms with van der Waals surface area (Å²) in [6.07, 6.45) is 0.0799. The molecule has 1 aliphatic heterocycles. The van der Waals surface area contributed by atoms with Crippen LogP contribution in [0.1, 0.15) is 5.56 Å². The van der Waals surface area contributed by atoms with E-state index in [4.69, 9.17) is 4.74 Å². The number of amides is 2. The molecule has 1 fully saturated rings. The summed E-state index contributed by atoms with van der Waals surface area (Å²) < 4.78 is 5.14. The number of rotatable bonds is 3. The molecule has 0 aliphatic carbocycles. The Morgan fingerprint density at radius 1 is 1.40 bits per heavy atom. The molecule has 0 spiro atoms. The van der Waals surface area contributed by atoms with Gasteiger partial charge in [0.2, 0.25) is 5.91 Å². The third-order valence-electron chi connectivity index (χ3n) is 3.24. The molecule has 1 atom stereocenters. The number of hydrogen-bond donors (Lipinski definition) is 0. The van der Waals surface area contributed by atoms with Gasteiger partial charge in [0.1, 0.15) is 25.5 Å². The Balaban J connectivity index is 1.92. The minimum absolute atomic E-state index is 0.0610. The molecule has 106 valence electrons. The number of benzene rings is 1. The number of aldehydes is 1. The Labute approximate surface area is 116 Å². The third kappa shape index (κ3) is 3.14. The van der Waals surface area contributed by atoms with Crippen LogP contribution >= 0.6 is 0 Å². The van der Waals surface area contributed by atoms with E-state index in [1.54, 1.807) is 7.05 Å². The lowest BCUT2D eigenvalue weighted by atomic mass is 10.2. The van der Waals surface area contributed by atoms with Crippen molar-refractivity contribution < 1.29 is 19.1 Å². The molecule has 1 saturated heterocycles. The second-order valence-electron chi connectivity index (χ2n) is 4.63. The van der Waals surface area contributed by atoms with Crippen molar-refractivity contribution in [2.75, 3.05) is 20.1 Å². The van der Waals surface area contributed by atoms with Gasteiger partial charge in [-0.25, -0.2) is 4.79 Å². The van der Waals surface area contributed by atoms with Crippen LogP contribution in [0.2, 0.25) is 0 Å². The summed E-state index contributed by atoms with van der Waals surface area (Å²) in [5.41, 5.74) is 0.869. The molecule has 6 nitrogen and oxygen atoms in total. The molecule has 0 bridgehead atoms. The number of piperazine rings is 1. The lowest BCUT2D eigenvalue weighted by Crippen LogP contribution is -2.57. The Hall–Kier alpha value is -2.37. The highest BCUT2D eigenvalue weighted by molar-refractivity contribution is 5.86. The maximum atomic E-state index is 11.9. The molecular weight excluding hydrogens is 260 g/mol. The third-order valence-corrected chi connectivity index (χ3v) is 3.24. The summed E-state index contributed by atoms with van der Waals surface area (Å²) in [4.78, 5) is 37.1. The normalized spacial score (nSPS) is 18.9. The van der Waals surface area contributed by atoms with Crippen LogP contribution in [-0.4, -0.2) is 54.3 Å². The standard InChI is InChI=1S/C14H16N2O4/c1-15-12(9-17)7-16(8-13(15)18)14(19)20-10-11-5-3-2-4-6-11/h2-6,9,12H,7-8,10H2,1H3. The molecule has 0 saturated carbocycles. The zero-order valence-corrected chi connectivity index (χ0v) is 11.2. The SMILES string of the molecule is CN1C(=O)CN(C(=O)OCc2ccccc2)CC1C=O. The molecular formula is C14H16N2O4. The summed E-state index contributed by atoms with van der Waals surface area (Å²) in [6.45, 7) is 0.250. The first kappa shape index (κ1) is 14.0. The topological polar surface area (TPSA) is 66.9 Å². The van der Waals surface area contributed by atoms with Gasteiger partial charge in [-0.15, -0.1) is 0 Å². The average Bonchev–Trinajstić information content (AvgIpc) is 2.48. The fourth-order valence-electron chi connectivity index (χ4n) is 1.96. The minimum Gasteiger partial charge on any atom is -0.445 e. The van der Waals surface area contributed by atoms with Gasteiger partial charge >= 0.3 is 6.09 Å². The molecule has 2 rings (SSSR count). The largest absolute Gasteiger partial charge is 0.445 e. The number of ether oxygens (including phenoxy) is 1. The van der Waals surface area contributed by atoms with E-state index in [1.165, 1.54) is 9.80 Å². The van der Waals surface area contributed by atoms with Crippen LogP contribution in [0.3, 0.4) is 0 Å². The molecule has 1 aliphatic rings. The van der Waals surface area contributed by atoms with E-state index in [0.29, 0.717) is 6.29 Å². The molecule has 6 heteroatoms. The Morgan fingerprint density at radius 2 is 2.10 bits per heavy atom. The monoisotopic (exact) mass is 276 g/mol. The van der Waals surface area contributed by atoms with Gasteiger partial charge < -0.3 is 14.4 Å². The van der Waals surface area contributed by atoms with Crippen LogP contribution < -0.4 is 0 Å². The van der Waals surface area contributed by atoms with Gasteiger partial charge in [0.15, 0.2) is 0 Å². The van der Waals surface area contributed by atoms with Crippen molar-refractivity contribution in [3.63, 3.8) is 0 Å². The predicted octanol–water partition coefficient (Wildman–Crippen LogP) is 0.665. The van der Waals surface area contributed by atoms with Gasteiger partial charge in [-0.2, -0.15) is 0 Å². The molecule has 1 unspecified atom stereocenters. The number of likely N-dealkylation sites (N-methyl/N-ethyl adjacent to an activating group) is 1. The van der Waals surface area contributed by atoms with Crippen molar-refractivity contribution in [2.24, 2.45) is 0 Å². The molecule has 1 heterocycles. The first-order valence-corrected chi connectivity index (χ1v) is 6.28. The molecule has 0 N–H and O–H groups in total. The van der Waals surface area contributed by atoms with Crippen molar-refractivity contribution in [1.29, 1.82) is 0 Å². The lowest BCUT2D eigenvalue weighted by molar-refractivity contribution is -0.140. The first-order chi connectivity index (χ1) is 9.61. The van der Waals surface area contributed by atoms with E-state index < -0.39 is 12.1 Å². The van der Waals surface area contributed by atoms with Crippen LogP contribution in [-0.2, 0) is 20.9 Å². The molecule has 0 aromatic heterocycles. The van der Waals surface area contributed by atoms with Crippen LogP contribution in [0, 0.1) is 0 Å².